The smallest absolute Gasteiger partial charge is 0.145 e. The third-order valence-electron chi connectivity index (χ3n) is 2.82. The lowest BCUT2D eigenvalue weighted by Gasteiger charge is -2.33. The Morgan fingerprint density at radius 1 is 1.00 bits per heavy atom. The van der Waals surface area contributed by atoms with Gasteiger partial charge >= 0.3 is 0 Å². The first-order chi connectivity index (χ1) is 8.45. The molecule has 0 spiro atoms. The third kappa shape index (κ3) is 8.45. The Balaban J connectivity index is 4.21. The van der Waals surface area contributed by atoms with Crippen molar-refractivity contribution in [3.05, 3.63) is 0 Å². The van der Waals surface area contributed by atoms with Crippen LogP contribution >= 0.6 is 11.6 Å². The molecule has 0 atom stereocenters. The lowest BCUT2D eigenvalue weighted by atomic mass is 10.4. The van der Waals surface area contributed by atoms with Gasteiger partial charge in [-0.15, -0.1) is 11.6 Å². The molecule has 0 rings (SSSR count). The molecule has 0 aliphatic heterocycles. The lowest BCUT2D eigenvalue weighted by Crippen LogP contribution is -2.44. The molecule has 0 aromatic carbocycles. The normalized spacial score (nSPS) is 13.3. The van der Waals surface area contributed by atoms with Crippen LogP contribution in [0.2, 0.25) is 6.55 Å². The van der Waals surface area contributed by atoms with Crippen molar-refractivity contribution in [3.8, 4) is 0 Å². The van der Waals surface area contributed by atoms with Crippen molar-refractivity contribution < 1.29 is 9.47 Å². The molecule has 18 heavy (non-hydrogen) atoms. The highest BCUT2D eigenvalue weighted by molar-refractivity contribution is 6.37. The molecule has 0 aliphatic rings. The van der Waals surface area contributed by atoms with Gasteiger partial charge in [0.1, 0.15) is 5.41 Å². The fraction of sp³-hybridized carbons (Fsp3) is 1.00. The molecule has 0 amide bonds. The summed E-state index contributed by atoms with van der Waals surface area (Å²) in [5.41, 5.74) is -0.381. The topological polar surface area (TPSA) is 24.9 Å². The molecular weight excluding hydrogens is 268 g/mol. The first-order valence-electron chi connectivity index (χ1n) is 6.59. The van der Waals surface area contributed by atoms with Crippen LogP contribution in [0.5, 0.6) is 0 Å². The van der Waals surface area contributed by atoms with Crippen LogP contribution in [0.1, 0.15) is 6.42 Å². The zero-order valence-corrected chi connectivity index (χ0v) is 14.7. The van der Waals surface area contributed by atoms with Gasteiger partial charge < -0.3 is 19.3 Å². The molecule has 0 radical (unpaired) electrons. The van der Waals surface area contributed by atoms with Crippen LogP contribution in [0.25, 0.3) is 0 Å². The van der Waals surface area contributed by atoms with E-state index in [1.54, 1.807) is 0 Å². The van der Waals surface area contributed by atoms with Crippen LogP contribution in [0.3, 0.4) is 0 Å². The summed E-state index contributed by atoms with van der Waals surface area (Å²) < 4.78 is 12.0. The van der Waals surface area contributed by atoms with Crippen LogP contribution in [0, 0.1) is 0 Å². The van der Waals surface area contributed by atoms with Gasteiger partial charge in [-0.25, -0.2) is 0 Å². The van der Waals surface area contributed by atoms with Crippen LogP contribution in [-0.2, 0) is 9.47 Å². The average Bonchev–Trinajstić information content (AvgIpc) is 2.28. The van der Waals surface area contributed by atoms with Crippen molar-refractivity contribution in [2.75, 3.05) is 60.4 Å². The Kier molecular flexibility index (Phi) is 10.4. The van der Waals surface area contributed by atoms with Gasteiger partial charge in [0.05, 0.1) is 22.7 Å². The number of hydrogen-bond donors (Lipinski definition) is 0. The average molecular weight is 297 g/mol. The molecule has 0 heterocycles. The number of likely N-dealkylation sites (N-methyl/N-ethyl adjacent to an activating group) is 2. The predicted molar refractivity (Wildman–Crippen MR) is 81.5 cm³/mol. The second-order valence-corrected chi connectivity index (χ2v) is 7.17. The monoisotopic (exact) mass is 296 g/mol. The minimum Gasteiger partial charge on any atom is -0.353 e. The number of rotatable bonds is 11. The number of hydrogen-bond acceptors (Lipinski definition) is 4. The van der Waals surface area contributed by atoms with E-state index in [-0.39, 0.29) is 5.41 Å². The second kappa shape index (κ2) is 10.2. The molecule has 0 N–H and O–H groups in total. The zero-order valence-electron chi connectivity index (χ0n) is 12.5. The maximum atomic E-state index is 6.01. The van der Waals surface area contributed by atoms with E-state index in [1.807, 2.05) is 28.2 Å². The molecule has 0 fully saturated rings. The van der Waals surface area contributed by atoms with Crippen molar-refractivity contribution >= 4 is 21.1 Å². The quantitative estimate of drug-likeness (QED) is 0.317. The van der Waals surface area contributed by atoms with E-state index in [4.69, 9.17) is 21.1 Å². The van der Waals surface area contributed by atoms with E-state index in [1.165, 1.54) is 0 Å². The molecule has 0 bridgehead atoms. The Morgan fingerprint density at radius 2 is 1.44 bits per heavy atom. The van der Waals surface area contributed by atoms with Crippen molar-refractivity contribution in [2.24, 2.45) is 0 Å². The summed E-state index contributed by atoms with van der Waals surface area (Å²) in [6.07, 6.45) is 0.790. The van der Waals surface area contributed by atoms with Gasteiger partial charge in [0, 0.05) is 25.4 Å². The molecule has 0 unspecified atom stereocenters. The summed E-state index contributed by atoms with van der Waals surface area (Å²) in [6, 6.07) is 0. The van der Waals surface area contributed by atoms with E-state index in [9.17, 15) is 0 Å². The second-order valence-electron chi connectivity index (χ2n) is 5.01. The van der Waals surface area contributed by atoms with Crippen LogP contribution in [0.15, 0.2) is 0 Å². The first-order valence-corrected chi connectivity index (χ1v) is 9.24. The molecule has 0 saturated heterocycles. The number of nitrogens with zero attached hydrogens (tertiary/aromatic N) is 2. The fourth-order valence-corrected chi connectivity index (χ4v) is 3.28. The largest absolute Gasteiger partial charge is 0.353 e. The highest BCUT2D eigenvalue weighted by atomic mass is 35.5. The van der Waals surface area contributed by atoms with E-state index >= 15 is 0 Å². The molecule has 6 heteroatoms. The lowest BCUT2D eigenvalue weighted by molar-refractivity contribution is -0.184. The van der Waals surface area contributed by atoms with Gasteiger partial charge in [-0.1, -0.05) is 6.55 Å². The van der Waals surface area contributed by atoms with E-state index in [2.05, 4.69) is 16.3 Å². The van der Waals surface area contributed by atoms with E-state index in [0.29, 0.717) is 19.1 Å². The minimum atomic E-state index is -0.446. The molecule has 4 nitrogen and oxygen atoms in total. The molecule has 0 aliphatic carbocycles. The molecular formula is C12H29ClN2O2Si. The summed E-state index contributed by atoms with van der Waals surface area (Å²) in [5.74, 6) is 0.588. The number of halogens is 1. The summed E-state index contributed by atoms with van der Waals surface area (Å²) in [5, 5.41) is 0. The van der Waals surface area contributed by atoms with Gasteiger partial charge in [-0.3, -0.25) is 0 Å². The van der Waals surface area contributed by atoms with Crippen molar-refractivity contribution in [1.29, 1.82) is 0 Å². The molecule has 0 aromatic rings. The summed E-state index contributed by atoms with van der Waals surface area (Å²) in [7, 11) is 7.73. The third-order valence-corrected chi connectivity index (χ3v) is 4.85. The van der Waals surface area contributed by atoms with Gasteiger partial charge in [0.15, 0.2) is 0 Å². The van der Waals surface area contributed by atoms with Crippen molar-refractivity contribution in [1.82, 2.24) is 9.80 Å². The molecule has 0 aromatic heterocycles. The van der Waals surface area contributed by atoms with Gasteiger partial charge in [-0.05, 0) is 28.2 Å². The fourth-order valence-electron chi connectivity index (χ4n) is 1.54. The Labute approximate surface area is 119 Å². The predicted octanol–water partition coefficient (Wildman–Crippen LogP) is 0.642. The molecule has 0 saturated carbocycles. The summed E-state index contributed by atoms with van der Waals surface area (Å²) in [4.78, 5) is 4.23. The Hall–Kier alpha value is 0.347. The zero-order chi connectivity index (χ0) is 14.0. The highest BCUT2D eigenvalue weighted by Crippen LogP contribution is 2.18. The van der Waals surface area contributed by atoms with Crippen molar-refractivity contribution in [3.63, 3.8) is 0 Å². The Morgan fingerprint density at radius 3 is 1.72 bits per heavy atom. The van der Waals surface area contributed by atoms with E-state index < -0.39 is 9.52 Å². The van der Waals surface area contributed by atoms with Gasteiger partial charge in [0.2, 0.25) is 0 Å². The van der Waals surface area contributed by atoms with Gasteiger partial charge in [-0.2, -0.15) is 0 Å². The SMILES string of the molecule is C[SiH2]C(CCCl)(OCCN(C)C)OCCN(C)C. The van der Waals surface area contributed by atoms with Gasteiger partial charge in [0.25, 0.3) is 0 Å². The maximum absolute atomic E-state index is 6.01. The standard InChI is InChI=1S/C12H29ClN2O2Si/c1-14(2)8-10-16-12(18-5,6-7-13)17-11-9-15(3)4/h6-11,18H2,1-5H3. The van der Waals surface area contributed by atoms with Crippen LogP contribution in [0.4, 0.5) is 0 Å². The van der Waals surface area contributed by atoms with Crippen molar-refractivity contribution in [2.45, 2.75) is 18.4 Å². The van der Waals surface area contributed by atoms with Crippen LogP contribution < -0.4 is 0 Å². The number of ether oxygens (including phenoxy) is 2. The highest BCUT2D eigenvalue weighted by Gasteiger charge is 2.29. The van der Waals surface area contributed by atoms with E-state index in [0.717, 1.165) is 19.5 Å². The Bertz CT molecular complexity index is 193. The maximum Gasteiger partial charge on any atom is 0.145 e. The number of alkyl halides is 1. The molecule has 110 valence electrons. The summed E-state index contributed by atoms with van der Waals surface area (Å²) >= 11 is 5.89. The summed E-state index contributed by atoms with van der Waals surface area (Å²) in [6.45, 7) is 5.45. The van der Waals surface area contributed by atoms with Crippen LogP contribution in [-0.4, -0.2) is 85.1 Å². The first kappa shape index (κ1) is 18.3. The minimum absolute atomic E-state index is 0.381.